The molecule has 0 aliphatic carbocycles. The van der Waals surface area contributed by atoms with E-state index in [0.29, 0.717) is 56.0 Å². The molecular formula is C20H20N2O5. The lowest BCUT2D eigenvalue weighted by Crippen LogP contribution is -2.45. The Morgan fingerprint density at radius 2 is 1.67 bits per heavy atom. The number of hydrogen-bond acceptors (Lipinski definition) is 6. The van der Waals surface area contributed by atoms with Crippen molar-refractivity contribution in [3.63, 3.8) is 0 Å². The third-order valence-electron chi connectivity index (χ3n) is 5.15. The minimum absolute atomic E-state index is 0.0546. The summed E-state index contributed by atoms with van der Waals surface area (Å²) in [7, 11) is 0. The molecule has 2 aliphatic rings. The molecule has 2 aromatic rings. The number of rotatable bonds is 4. The molecule has 0 N–H and O–H groups in total. The summed E-state index contributed by atoms with van der Waals surface area (Å²) in [6, 6.07) is 13.5. The summed E-state index contributed by atoms with van der Waals surface area (Å²) >= 11 is 0. The quantitative estimate of drug-likeness (QED) is 0.468. The molecule has 0 aromatic heterocycles. The third kappa shape index (κ3) is 3.43. The molecule has 2 aliphatic heterocycles. The van der Waals surface area contributed by atoms with Gasteiger partial charge in [-0.15, -0.1) is 0 Å². The number of carbonyl (C=O) groups is 1. The number of ketones is 1. The fourth-order valence-corrected chi connectivity index (χ4v) is 3.71. The molecule has 2 fully saturated rings. The summed E-state index contributed by atoms with van der Waals surface area (Å²) in [6.45, 7) is 2.40. The summed E-state index contributed by atoms with van der Waals surface area (Å²) in [4.78, 5) is 25.8. The first-order chi connectivity index (χ1) is 13.1. The van der Waals surface area contributed by atoms with Crippen LogP contribution in [0.5, 0.6) is 0 Å². The van der Waals surface area contributed by atoms with Gasteiger partial charge in [0.1, 0.15) is 5.69 Å². The van der Waals surface area contributed by atoms with Crippen LogP contribution in [0.2, 0.25) is 0 Å². The van der Waals surface area contributed by atoms with E-state index < -0.39 is 10.7 Å². The van der Waals surface area contributed by atoms with Gasteiger partial charge in [-0.3, -0.25) is 14.9 Å². The molecular weight excluding hydrogens is 348 g/mol. The molecule has 4 rings (SSSR count). The van der Waals surface area contributed by atoms with E-state index in [0.717, 1.165) is 0 Å². The van der Waals surface area contributed by atoms with Gasteiger partial charge in [0.25, 0.3) is 5.69 Å². The third-order valence-corrected chi connectivity index (χ3v) is 5.15. The van der Waals surface area contributed by atoms with Crippen molar-refractivity contribution in [3.05, 3.63) is 69.8 Å². The fourth-order valence-electron chi connectivity index (χ4n) is 3.71. The largest absolute Gasteiger partial charge is 0.366 e. The van der Waals surface area contributed by atoms with Crippen LogP contribution in [-0.4, -0.2) is 42.8 Å². The first-order valence-corrected chi connectivity index (χ1v) is 8.99. The van der Waals surface area contributed by atoms with Crippen molar-refractivity contribution in [1.82, 2.24) is 0 Å². The minimum atomic E-state index is -0.533. The van der Waals surface area contributed by atoms with Crippen LogP contribution in [0.25, 0.3) is 0 Å². The molecule has 0 unspecified atom stereocenters. The van der Waals surface area contributed by atoms with E-state index in [9.17, 15) is 14.9 Å². The van der Waals surface area contributed by atoms with Gasteiger partial charge in [-0.1, -0.05) is 30.3 Å². The van der Waals surface area contributed by atoms with E-state index in [1.807, 2.05) is 11.0 Å². The van der Waals surface area contributed by atoms with Gasteiger partial charge in [0.2, 0.25) is 0 Å². The van der Waals surface area contributed by atoms with Gasteiger partial charge < -0.3 is 14.4 Å². The van der Waals surface area contributed by atoms with E-state index in [4.69, 9.17) is 9.47 Å². The maximum Gasteiger partial charge on any atom is 0.293 e. The smallest absolute Gasteiger partial charge is 0.293 e. The van der Waals surface area contributed by atoms with Gasteiger partial charge >= 0.3 is 0 Å². The number of nitro groups is 1. The van der Waals surface area contributed by atoms with E-state index in [2.05, 4.69) is 0 Å². The highest BCUT2D eigenvalue weighted by Crippen LogP contribution is 2.37. The first-order valence-electron chi connectivity index (χ1n) is 8.99. The zero-order valence-corrected chi connectivity index (χ0v) is 14.8. The van der Waals surface area contributed by atoms with E-state index in [1.54, 1.807) is 36.4 Å². The maximum atomic E-state index is 12.6. The zero-order valence-electron chi connectivity index (χ0n) is 14.8. The van der Waals surface area contributed by atoms with Crippen molar-refractivity contribution in [2.24, 2.45) is 0 Å². The van der Waals surface area contributed by atoms with Crippen molar-refractivity contribution >= 4 is 17.2 Å². The second-order valence-corrected chi connectivity index (χ2v) is 6.75. The number of benzene rings is 2. The number of anilines is 1. The Balaban J connectivity index is 1.59. The van der Waals surface area contributed by atoms with Gasteiger partial charge in [0.05, 0.1) is 18.1 Å². The Morgan fingerprint density at radius 1 is 1.00 bits per heavy atom. The Bertz CT molecular complexity index is 852. The van der Waals surface area contributed by atoms with E-state index in [1.165, 1.54) is 6.07 Å². The second-order valence-electron chi connectivity index (χ2n) is 6.75. The summed E-state index contributed by atoms with van der Waals surface area (Å²) in [5, 5.41) is 11.6. The molecule has 0 radical (unpaired) electrons. The average Bonchev–Trinajstić information content (AvgIpc) is 3.16. The number of carbonyl (C=O) groups excluding carboxylic acids is 1. The second kappa shape index (κ2) is 7.09. The van der Waals surface area contributed by atoms with Gasteiger partial charge in [-0.2, -0.15) is 0 Å². The van der Waals surface area contributed by atoms with Crippen molar-refractivity contribution < 1.29 is 19.2 Å². The molecule has 0 bridgehead atoms. The van der Waals surface area contributed by atoms with Crippen LogP contribution in [0.4, 0.5) is 11.4 Å². The normalized spacial score (nSPS) is 18.6. The molecule has 2 aromatic carbocycles. The lowest BCUT2D eigenvalue weighted by molar-refractivity contribution is -0.384. The lowest BCUT2D eigenvalue weighted by atomic mass is 10.00. The summed E-state index contributed by atoms with van der Waals surface area (Å²) in [5.74, 6) is -0.760. The van der Waals surface area contributed by atoms with Crippen molar-refractivity contribution in [2.75, 3.05) is 31.2 Å². The SMILES string of the molecule is O=C(c1ccccc1)c1ccc(N2CCC3(CC2)OCCO3)c([N+](=O)[O-])c1. The highest BCUT2D eigenvalue weighted by Gasteiger charge is 2.40. The molecule has 0 atom stereocenters. The van der Waals surface area contributed by atoms with Crippen LogP contribution in [0.15, 0.2) is 48.5 Å². The molecule has 140 valence electrons. The summed E-state index contributed by atoms with van der Waals surface area (Å²) in [6.07, 6.45) is 1.32. The Morgan fingerprint density at radius 3 is 2.30 bits per heavy atom. The molecule has 7 heteroatoms. The first kappa shape index (κ1) is 17.6. The lowest BCUT2D eigenvalue weighted by Gasteiger charge is -2.38. The monoisotopic (exact) mass is 368 g/mol. The van der Waals surface area contributed by atoms with Crippen LogP contribution in [0.3, 0.4) is 0 Å². The van der Waals surface area contributed by atoms with Crippen LogP contribution in [0.1, 0.15) is 28.8 Å². The Kier molecular flexibility index (Phi) is 4.63. The highest BCUT2D eigenvalue weighted by atomic mass is 16.7. The Labute approximate surface area is 156 Å². The molecule has 7 nitrogen and oxygen atoms in total. The van der Waals surface area contributed by atoms with Gasteiger partial charge in [0.15, 0.2) is 11.6 Å². The van der Waals surface area contributed by atoms with Gasteiger partial charge in [0, 0.05) is 43.1 Å². The van der Waals surface area contributed by atoms with Gasteiger partial charge in [-0.05, 0) is 12.1 Å². The average molecular weight is 368 g/mol. The number of nitrogens with zero attached hydrogens (tertiary/aromatic N) is 2. The van der Waals surface area contributed by atoms with Crippen molar-refractivity contribution in [2.45, 2.75) is 18.6 Å². The molecule has 0 amide bonds. The Hall–Kier alpha value is -2.77. The zero-order chi connectivity index (χ0) is 18.9. The van der Waals surface area contributed by atoms with E-state index >= 15 is 0 Å². The molecule has 1 spiro atoms. The van der Waals surface area contributed by atoms with Crippen LogP contribution in [-0.2, 0) is 9.47 Å². The number of nitro benzene ring substituents is 1. The topological polar surface area (TPSA) is 81.9 Å². The molecule has 2 heterocycles. The van der Waals surface area contributed by atoms with Crippen LogP contribution < -0.4 is 4.90 Å². The standard InChI is InChI=1S/C20H20N2O5/c23-19(15-4-2-1-3-5-15)16-6-7-17(18(14-16)22(24)25)21-10-8-20(9-11-21)26-12-13-27-20/h1-7,14H,8-13H2. The predicted octanol–water partition coefficient (Wildman–Crippen LogP) is 3.17. The minimum Gasteiger partial charge on any atom is -0.366 e. The number of piperidine rings is 1. The number of ether oxygens (including phenoxy) is 2. The molecule has 27 heavy (non-hydrogen) atoms. The maximum absolute atomic E-state index is 12.6. The van der Waals surface area contributed by atoms with Gasteiger partial charge in [-0.25, -0.2) is 0 Å². The summed E-state index contributed by atoms with van der Waals surface area (Å²) in [5.41, 5.74) is 1.29. The van der Waals surface area contributed by atoms with Crippen LogP contribution in [0, 0.1) is 10.1 Å². The molecule has 2 saturated heterocycles. The highest BCUT2D eigenvalue weighted by molar-refractivity contribution is 6.09. The number of hydrogen-bond donors (Lipinski definition) is 0. The van der Waals surface area contributed by atoms with Crippen LogP contribution >= 0.6 is 0 Å². The van der Waals surface area contributed by atoms with Crippen molar-refractivity contribution in [3.8, 4) is 0 Å². The van der Waals surface area contributed by atoms with Crippen molar-refractivity contribution in [1.29, 1.82) is 0 Å². The fraction of sp³-hybridized carbons (Fsp3) is 0.350. The van der Waals surface area contributed by atoms with E-state index in [-0.39, 0.29) is 11.5 Å². The molecule has 0 saturated carbocycles. The summed E-state index contributed by atoms with van der Waals surface area (Å²) < 4.78 is 11.4. The predicted molar refractivity (Wildman–Crippen MR) is 99.1 cm³/mol.